The minimum atomic E-state index is -3.87. The van der Waals surface area contributed by atoms with Crippen LogP contribution in [0.15, 0.2) is 33.6 Å². The van der Waals surface area contributed by atoms with Crippen LogP contribution in [0.3, 0.4) is 0 Å². The highest BCUT2D eigenvalue weighted by atomic mass is 32.2. The number of carbonyl (C=O) groups excluding carboxylic acids is 2. The van der Waals surface area contributed by atoms with Crippen LogP contribution >= 0.6 is 0 Å². The molecule has 2 aromatic heterocycles. The van der Waals surface area contributed by atoms with Gasteiger partial charge in [0.15, 0.2) is 12.4 Å². The number of furan rings is 1. The van der Waals surface area contributed by atoms with Gasteiger partial charge in [0, 0.05) is 0 Å². The van der Waals surface area contributed by atoms with Crippen molar-refractivity contribution in [2.75, 3.05) is 18.9 Å². The number of rotatable bonds is 8. The normalized spacial score (nSPS) is 11.5. The molecule has 0 aliphatic carbocycles. The Morgan fingerprint density at radius 3 is 2.47 bits per heavy atom. The molecule has 0 atom stereocenters. The highest BCUT2D eigenvalue weighted by Crippen LogP contribution is 2.29. The van der Waals surface area contributed by atoms with Gasteiger partial charge in [-0.2, -0.15) is 9.71 Å². The topological polar surface area (TPSA) is 164 Å². The molecule has 0 bridgehead atoms. The average Bonchev–Trinajstić information content (AvgIpc) is 3.07. The third kappa shape index (κ3) is 5.03. The number of hydrogen-bond acceptors (Lipinski definition) is 10. The van der Waals surface area contributed by atoms with Gasteiger partial charge >= 0.3 is 11.9 Å². The fraction of sp³-hybridized carbons (Fsp3) is 0.300. The SMILES string of the molecule is CCOC(=O)c1c(C)oc2nc(COC(=O)CNS(=O)(=O)c3ccc(C)cc3)nc(N)c12. The predicted octanol–water partition coefficient (Wildman–Crippen LogP) is 1.62. The third-order valence-corrected chi connectivity index (χ3v) is 5.80. The van der Waals surface area contributed by atoms with Crippen molar-refractivity contribution in [3.05, 3.63) is 47.0 Å². The van der Waals surface area contributed by atoms with Gasteiger partial charge in [0.2, 0.25) is 15.7 Å². The number of fused-ring (bicyclic) bond motifs is 1. The molecule has 1 aromatic carbocycles. The molecule has 32 heavy (non-hydrogen) atoms. The minimum Gasteiger partial charge on any atom is -0.462 e. The van der Waals surface area contributed by atoms with Gasteiger partial charge in [-0.15, -0.1) is 0 Å². The van der Waals surface area contributed by atoms with Crippen molar-refractivity contribution in [3.63, 3.8) is 0 Å². The van der Waals surface area contributed by atoms with E-state index in [1.165, 1.54) is 12.1 Å². The Bertz CT molecular complexity index is 1270. The van der Waals surface area contributed by atoms with E-state index in [0.717, 1.165) is 5.56 Å². The lowest BCUT2D eigenvalue weighted by molar-refractivity contribution is -0.143. The van der Waals surface area contributed by atoms with E-state index >= 15 is 0 Å². The zero-order chi connectivity index (χ0) is 23.5. The summed E-state index contributed by atoms with van der Waals surface area (Å²) >= 11 is 0. The molecule has 0 saturated heterocycles. The lowest BCUT2D eigenvalue weighted by Crippen LogP contribution is -2.30. The molecule has 0 saturated carbocycles. The summed E-state index contributed by atoms with van der Waals surface area (Å²) < 4.78 is 42.1. The highest BCUT2D eigenvalue weighted by molar-refractivity contribution is 7.89. The number of carbonyl (C=O) groups is 2. The van der Waals surface area contributed by atoms with Gasteiger partial charge in [0.05, 0.1) is 16.9 Å². The first-order valence-electron chi connectivity index (χ1n) is 9.57. The van der Waals surface area contributed by atoms with Gasteiger partial charge in [0.1, 0.15) is 23.7 Å². The number of nitrogens with two attached hydrogens (primary N) is 1. The Morgan fingerprint density at radius 1 is 1.12 bits per heavy atom. The van der Waals surface area contributed by atoms with E-state index in [4.69, 9.17) is 19.6 Å². The Balaban J connectivity index is 1.66. The molecule has 0 unspecified atom stereocenters. The zero-order valence-electron chi connectivity index (χ0n) is 17.7. The second-order valence-electron chi connectivity index (χ2n) is 6.76. The van der Waals surface area contributed by atoms with Crippen LogP contribution in [0.1, 0.15) is 34.4 Å². The number of hydrogen-bond donors (Lipinski definition) is 2. The van der Waals surface area contributed by atoms with E-state index in [0.29, 0.717) is 0 Å². The van der Waals surface area contributed by atoms with Crippen LogP contribution in [0.2, 0.25) is 0 Å². The van der Waals surface area contributed by atoms with Crippen LogP contribution < -0.4 is 10.5 Å². The van der Waals surface area contributed by atoms with Crippen molar-refractivity contribution >= 4 is 38.9 Å². The molecule has 0 aliphatic heterocycles. The van der Waals surface area contributed by atoms with Crippen LogP contribution in [0.25, 0.3) is 11.1 Å². The number of ether oxygens (including phenoxy) is 2. The standard InChI is InChI=1S/C20H22N4O7S/c1-4-29-20(26)16-12(3)31-19-17(16)18(21)23-14(24-19)10-30-15(25)9-22-32(27,28)13-7-5-11(2)6-8-13/h5-8,22H,4,9-10H2,1-3H3,(H2,21,23,24). The highest BCUT2D eigenvalue weighted by Gasteiger charge is 2.24. The summed E-state index contributed by atoms with van der Waals surface area (Å²) in [4.78, 5) is 32.3. The van der Waals surface area contributed by atoms with Crippen molar-refractivity contribution in [1.29, 1.82) is 0 Å². The summed E-state index contributed by atoms with van der Waals surface area (Å²) in [5.41, 5.74) is 7.03. The van der Waals surface area contributed by atoms with Crippen molar-refractivity contribution < 1.29 is 31.9 Å². The Morgan fingerprint density at radius 2 is 1.81 bits per heavy atom. The molecule has 3 N–H and O–H groups in total. The van der Waals surface area contributed by atoms with Crippen LogP contribution in [0.5, 0.6) is 0 Å². The number of nitrogens with zero attached hydrogens (tertiary/aromatic N) is 2. The van der Waals surface area contributed by atoms with E-state index < -0.39 is 28.5 Å². The maximum absolute atomic E-state index is 12.2. The average molecular weight is 462 g/mol. The molecule has 170 valence electrons. The number of esters is 2. The number of sulfonamides is 1. The summed E-state index contributed by atoms with van der Waals surface area (Å²) in [6.45, 7) is 4.28. The van der Waals surface area contributed by atoms with Crippen LogP contribution in [0.4, 0.5) is 5.82 Å². The molecular weight excluding hydrogens is 440 g/mol. The summed E-state index contributed by atoms with van der Waals surface area (Å²) in [6, 6.07) is 6.17. The molecule has 12 heteroatoms. The Kier molecular flexibility index (Phi) is 6.75. The summed E-state index contributed by atoms with van der Waals surface area (Å²) in [5.74, 6) is -1.21. The summed E-state index contributed by atoms with van der Waals surface area (Å²) in [5, 5.41) is 0.210. The first-order valence-corrected chi connectivity index (χ1v) is 11.0. The minimum absolute atomic E-state index is 0.0221. The lowest BCUT2D eigenvalue weighted by Gasteiger charge is -2.08. The number of benzene rings is 1. The van der Waals surface area contributed by atoms with Crippen molar-refractivity contribution in [2.45, 2.75) is 32.3 Å². The monoisotopic (exact) mass is 462 g/mol. The number of aryl methyl sites for hydroxylation is 2. The number of aromatic nitrogens is 2. The molecule has 0 aliphatic rings. The molecule has 11 nitrogen and oxygen atoms in total. The first kappa shape index (κ1) is 23.2. The molecule has 0 amide bonds. The predicted molar refractivity (Wildman–Crippen MR) is 113 cm³/mol. The zero-order valence-corrected chi connectivity index (χ0v) is 18.5. The molecule has 3 rings (SSSR count). The maximum Gasteiger partial charge on any atom is 0.342 e. The second kappa shape index (κ2) is 9.32. The van der Waals surface area contributed by atoms with E-state index in [2.05, 4.69) is 14.7 Å². The van der Waals surface area contributed by atoms with Gasteiger partial charge in [0.25, 0.3) is 0 Å². The molecule has 0 spiro atoms. The molecule has 0 fully saturated rings. The van der Waals surface area contributed by atoms with Gasteiger partial charge in [-0.05, 0) is 32.9 Å². The fourth-order valence-corrected chi connectivity index (χ4v) is 3.82. The smallest absolute Gasteiger partial charge is 0.342 e. The molecular formula is C20H22N4O7S. The Hall–Kier alpha value is -3.51. The number of nitrogens with one attached hydrogen (secondary N) is 1. The lowest BCUT2D eigenvalue weighted by atomic mass is 10.2. The summed E-state index contributed by atoms with van der Waals surface area (Å²) in [6.07, 6.45) is 0. The first-order chi connectivity index (χ1) is 15.1. The van der Waals surface area contributed by atoms with E-state index in [-0.39, 0.29) is 52.2 Å². The number of nitrogen functional groups attached to an aromatic ring is 1. The molecule has 2 heterocycles. The number of anilines is 1. The van der Waals surface area contributed by atoms with E-state index in [1.54, 1.807) is 26.0 Å². The molecule has 3 aromatic rings. The third-order valence-electron chi connectivity index (χ3n) is 4.38. The largest absolute Gasteiger partial charge is 0.462 e. The van der Waals surface area contributed by atoms with E-state index in [1.807, 2.05) is 6.92 Å². The van der Waals surface area contributed by atoms with Gasteiger partial charge in [-0.1, -0.05) is 17.7 Å². The van der Waals surface area contributed by atoms with Gasteiger partial charge in [-0.25, -0.2) is 18.2 Å². The van der Waals surface area contributed by atoms with Crippen LogP contribution in [-0.4, -0.2) is 43.5 Å². The Labute approximate surface area is 184 Å². The van der Waals surface area contributed by atoms with Gasteiger partial charge in [-0.3, -0.25) is 4.79 Å². The van der Waals surface area contributed by atoms with Crippen LogP contribution in [0, 0.1) is 13.8 Å². The van der Waals surface area contributed by atoms with Gasteiger partial charge < -0.3 is 19.6 Å². The second-order valence-corrected chi connectivity index (χ2v) is 8.52. The van der Waals surface area contributed by atoms with Crippen LogP contribution in [-0.2, 0) is 30.9 Å². The van der Waals surface area contributed by atoms with Crippen molar-refractivity contribution in [1.82, 2.24) is 14.7 Å². The quantitative estimate of drug-likeness (QED) is 0.470. The summed E-state index contributed by atoms with van der Waals surface area (Å²) in [7, 11) is -3.87. The molecule has 0 radical (unpaired) electrons. The van der Waals surface area contributed by atoms with Crippen molar-refractivity contribution in [3.8, 4) is 0 Å². The van der Waals surface area contributed by atoms with E-state index in [9.17, 15) is 18.0 Å². The van der Waals surface area contributed by atoms with Crippen molar-refractivity contribution in [2.24, 2.45) is 0 Å². The maximum atomic E-state index is 12.2. The fourth-order valence-electron chi connectivity index (χ4n) is 2.85.